The van der Waals surface area contributed by atoms with E-state index in [-0.39, 0.29) is 5.97 Å². The van der Waals surface area contributed by atoms with Gasteiger partial charge in [0.05, 0.1) is 6.61 Å². The van der Waals surface area contributed by atoms with E-state index in [1.54, 1.807) is 0 Å². The van der Waals surface area contributed by atoms with Crippen molar-refractivity contribution in [3.05, 3.63) is 0 Å². The largest absolute Gasteiger partial charge is 0.465 e. The molecule has 0 aliphatic heterocycles. The summed E-state index contributed by atoms with van der Waals surface area (Å²) in [6.45, 7) is 12.7. The molecule has 1 atom stereocenters. The Morgan fingerprint density at radius 1 is 1.33 bits per heavy atom. The number of rotatable bonds is 9. The lowest BCUT2D eigenvalue weighted by molar-refractivity contribution is -0.150. The number of carbonyl (C=O) groups excluding carboxylic acids is 1. The molecule has 0 radical (unpaired) electrons. The molecule has 108 valence electrons. The van der Waals surface area contributed by atoms with Gasteiger partial charge in [-0.05, 0) is 54.1 Å². The zero-order valence-electron chi connectivity index (χ0n) is 12.9. The van der Waals surface area contributed by atoms with E-state index < -0.39 is 5.54 Å². The van der Waals surface area contributed by atoms with Gasteiger partial charge in [-0.1, -0.05) is 6.92 Å². The monoisotopic (exact) mass is 258 g/mol. The first-order valence-corrected chi connectivity index (χ1v) is 7.01. The summed E-state index contributed by atoms with van der Waals surface area (Å²) in [5.74, 6) is -0.160. The molecule has 4 heteroatoms. The number of nitrogens with one attached hydrogen (secondary N) is 1. The molecule has 0 fully saturated rings. The van der Waals surface area contributed by atoms with Crippen molar-refractivity contribution < 1.29 is 9.53 Å². The minimum Gasteiger partial charge on any atom is -0.465 e. The van der Waals surface area contributed by atoms with Crippen molar-refractivity contribution in [1.82, 2.24) is 10.2 Å². The molecule has 0 saturated heterocycles. The summed E-state index contributed by atoms with van der Waals surface area (Å²) in [7, 11) is 1.82. The maximum atomic E-state index is 11.9. The normalized spacial score (nSPS) is 14.9. The number of carbonyl (C=O) groups is 1. The van der Waals surface area contributed by atoms with E-state index in [2.05, 4.69) is 31.0 Å². The molecule has 0 aliphatic rings. The molecule has 0 bridgehead atoms. The molecule has 0 aliphatic carbocycles. The number of nitrogens with zero attached hydrogens (tertiary/aromatic N) is 1. The van der Waals surface area contributed by atoms with Crippen LogP contribution in [0.3, 0.4) is 0 Å². The third-order valence-electron chi connectivity index (χ3n) is 3.42. The Labute approximate surface area is 112 Å². The van der Waals surface area contributed by atoms with Crippen LogP contribution in [0.5, 0.6) is 0 Å². The fourth-order valence-corrected chi connectivity index (χ4v) is 1.90. The molecule has 0 aromatic rings. The van der Waals surface area contributed by atoms with Crippen molar-refractivity contribution in [3.8, 4) is 0 Å². The molecule has 0 aromatic heterocycles. The molecule has 0 spiro atoms. The first kappa shape index (κ1) is 17.4. The maximum Gasteiger partial charge on any atom is 0.326 e. The Kier molecular flexibility index (Phi) is 8.20. The summed E-state index contributed by atoms with van der Waals surface area (Å²) in [5.41, 5.74) is -0.586. The lowest BCUT2D eigenvalue weighted by Gasteiger charge is -2.32. The van der Waals surface area contributed by atoms with Crippen LogP contribution >= 0.6 is 0 Å². The highest BCUT2D eigenvalue weighted by atomic mass is 16.5. The number of hydrogen-bond donors (Lipinski definition) is 1. The van der Waals surface area contributed by atoms with E-state index in [0.717, 1.165) is 25.9 Å². The van der Waals surface area contributed by atoms with Crippen molar-refractivity contribution in [2.45, 2.75) is 59.0 Å². The Balaban J connectivity index is 4.47. The van der Waals surface area contributed by atoms with Crippen LogP contribution in [0.2, 0.25) is 0 Å². The molecule has 0 heterocycles. The van der Waals surface area contributed by atoms with Gasteiger partial charge in [0.1, 0.15) is 5.54 Å². The van der Waals surface area contributed by atoms with Gasteiger partial charge in [0.25, 0.3) is 0 Å². The molecule has 0 saturated carbocycles. The van der Waals surface area contributed by atoms with Gasteiger partial charge in [0, 0.05) is 12.6 Å². The smallest absolute Gasteiger partial charge is 0.326 e. The molecular weight excluding hydrogens is 228 g/mol. The van der Waals surface area contributed by atoms with Crippen molar-refractivity contribution >= 4 is 5.97 Å². The van der Waals surface area contributed by atoms with E-state index >= 15 is 0 Å². The van der Waals surface area contributed by atoms with Crippen LogP contribution in [0.4, 0.5) is 0 Å². The summed E-state index contributed by atoms with van der Waals surface area (Å²) >= 11 is 0. The lowest BCUT2D eigenvalue weighted by Crippen LogP contribution is -2.51. The SMILES string of the molecule is CCCN(CCC(C)(NC)C(=O)OCC)C(C)C. The van der Waals surface area contributed by atoms with E-state index in [0.29, 0.717) is 12.6 Å². The van der Waals surface area contributed by atoms with Gasteiger partial charge in [-0.3, -0.25) is 4.79 Å². The van der Waals surface area contributed by atoms with Crippen LogP contribution in [0, 0.1) is 0 Å². The second kappa shape index (κ2) is 8.48. The van der Waals surface area contributed by atoms with Crippen LogP contribution in [-0.4, -0.2) is 49.2 Å². The van der Waals surface area contributed by atoms with Crippen molar-refractivity contribution in [2.24, 2.45) is 0 Å². The Hall–Kier alpha value is -0.610. The average molecular weight is 258 g/mol. The number of ether oxygens (including phenoxy) is 1. The zero-order valence-corrected chi connectivity index (χ0v) is 12.9. The summed E-state index contributed by atoms with van der Waals surface area (Å²) in [6.07, 6.45) is 1.90. The zero-order chi connectivity index (χ0) is 14.2. The Bertz CT molecular complexity index is 244. The molecule has 0 rings (SSSR count). The second-order valence-electron chi connectivity index (χ2n) is 5.18. The summed E-state index contributed by atoms with van der Waals surface area (Å²) in [5, 5.41) is 3.10. The van der Waals surface area contributed by atoms with Crippen LogP contribution < -0.4 is 5.32 Å². The van der Waals surface area contributed by atoms with Gasteiger partial charge in [0.2, 0.25) is 0 Å². The minimum absolute atomic E-state index is 0.160. The lowest BCUT2D eigenvalue weighted by atomic mass is 9.97. The fraction of sp³-hybridized carbons (Fsp3) is 0.929. The average Bonchev–Trinajstić information content (AvgIpc) is 2.33. The van der Waals surface area contributed by atoms with Gasteiger partial charge < -0.3 is 15.0 Å². The molecule has 1 N–H and O–H groups in total. The predicted molar refractivity (Wildman–Crippen MR) is 75.7 cm³/mol. The highest BCUT2D eigenvalue weighted by Gasteiger charge is 2.33. The van der Waals surface area contributed by atoms with Gasteiger partial charge >= 0.3 is 5.97 Å². The fourth-order valence-electron chi connectivity index (χ4n) is 1.90. The van der Waals surface area contributed by atoms with Gasteiger partial charge in [-0.25, -0.2) is 0 Å². The molecule has 4 nitrogen and oxygen atoms in total. The third-order valence-corrected chi connectivity index (χ3v) is 3.42. The summed E-state index contributed by atoms with van der Waals surface area (Å²) in [6, 6.07) is 0.508. The molecule has 0 aromatic carbocycles. The first-order valence-electron chi connectivity index (χ1n) is 7.01. The van der Waals surface area contributed by atoms with Crippen molar-refractivity contribution in [3.63, 3.8) is 0 Å². The number of hydrogen-bond acceptors (Lipinski definition) is 4. The van der Waals surface area contributed by atoms with Crippen LogP contribution in [0.1, 0.15) is 47.5 Å². The van der Waals surface area contributed by atoms with E-state index in [1.807, 2.05) is 20.9 Å². The summed E-state index contributed by atoms with van der Waals surface area (Å²) < 4.78 is 5.13. The topological polar surface area (TPSA) is 41.6 Å². The molecule has 18 heavy (non-hydrogen) atoms. The van der Waals surface area contributed by atoms with E-state index in [9.17, 15) is 4.79 Å². The predicted octanol–water partition coefficient (Wildman–Crippen LogP) is 2.04. The number of esters is 1. The van der Waals surface area contributed by atoms with Gasteiger partial charge in [-0.2, -0.15) is 0 Å². The van der Waals surface area contributed by atoms with Crippen LogP contribution in [0.15, 0.2) is 0 Å². The van der Waals surface area contributed by atoms with Crippen LogP contribution in [0.25, 0.3) is 0 Å². The first-order chi connectivity index (χ1) is 8.41. The minimum atomic E-state index is -0.586. The molecule has 0 amide bonds. The molecular formula is C14H30N2O2. The standard InChI is InChI=1S/C14H30N2O2/c1-7-10-16(12(3)4)11-9-14(5,15-6)13(17)18-8-2/h12,15H,7-11H2,1-6H3. The summed E-state index contributed by atoms with van der Waals surface area (Å²) in [4.78, 5) is 14.3. The van der Waals surface area contributed by atoms with Crippen LogP contribution in [-0.2, 0) is 9.53 Å². The number of likely N-dealkylation sites (N-methyl/N-ethyl adjacent to an activating group) is 1. The van der Waals surface area contributed by atoms with E-state index in [4.69, 9.17) is 4.74 Å². The van der Waals surface area contributed by atoms with Crippen molar-refractivity contribution in [2.75, 3.05) is 26.7 Å². The third kappa shape index (κ3) is 5.36. The molecule has 1 unspecified atom stereocenters. The quantitative estimate of drug-likeness (QED) is 0.643. The van der Waals surface area contributed by atoms with E-state index in [1.165, 1.54) is 0 Å². The van der Waals surface area contributed by atoms with Crippen molar-refractivity contribution in [1.29, 1.82) is 0 Å². The van der Waals surface area contributed by atoms with Gasteiger partial charge in [-0.15, -0.1) is 0 Å². The second-order valence-corrected chi connectivity index (χ2v) is 5.18. The maximum absolute atomic E-state index is 11.9. The highest BCUT2D eigenvalue weighted by Crippen LogP contribution is 2.14. The highest BCUT2D eigenvalue weighted by molar-refractivity contribution is 5.80. The Morgan fingerprint density at radius 3 is 2.33 bits per heavy atom. The van der Waals surface area contributed by atoms with Gasteiger partial charge in [0.15, 0.2) is 0 Å². The Morgan fingerprint density at radius 2 is 1.94 bits per heavy atom.